The molecule has 1 saturated heterocycles. The molecule has 1 amide bonds. The first-order chi connectivity index (χ1) is 9.52. The number of thioether (sulfide) groups is 1. The third kappa shape index (κ3) is 3.28. The molecular formula is C13H13NO3S3. The predicted molar refractivity (Wildman–Crippen MR) is 85.6 cm³/mol. The number of aryl methyl sites for hydroxylation is 1. The van der Waals surface area contributed by atoms with Crippen LogP contribution in [0.4, 0.5) is 0 Å². The molecule has 0 aliphatic carbocycles. The SMILES string of the molecule is CCOC(=O)CN1C(=O)/C(=C/c2sccc2C)SC1=S. The Morgan fingerprint density at radius 3 is 2.90 bits per heavy atom. The van der Waals surface area contributed by atoms with Gasteiger partial charge in [-0.25, -0.2) is 0 Å². The number of hydrogen-bond acceptors (Lipinski definition) is 6. The largest absolute Gasteiger partial charge is 0.465 e. The van der Waals surface area contributed by atoms with Crippen molar-refractivity contribution >= 4 is 57.6 Å². The summed E-state index contributed by atoms with van der Waals surface area (Å²) in [6, 6.07) is 2.00. The van der Waals surface area contributed by atoms with Gasteiger partial charge in [-0.2, -0.15) is 0 Å². The molecule has 1 aromatic rings. The number of esters is 1. The van der Waals surface area contributed by atoms with Crippen LogP contribution in [0.1, 0.15) is 17.4 Å². The van der Waals surface area contributed by atoms with E-state index in [0.717, 1.165) is 10.4 Å². The van der Waals surface area contributed by atoms with E-state index in [9.17, 15) is 9.59 Å². The molecule has 0 radical (unpaired) electrons. The Morgan fingerprint density at radius 1 is 1.55 bits per heavy atom. The van der Waals surface area contributed by atoms with Gasteiger partial charge in [0.15, 0.2) is 0 Å². The molecule has 1 aliphatic rings. The number of ether oxygens (including phenoxy) is 1. The molecule has 2 heterocycles. The van der Waals surface area contributed by atoms with E-state index in [1.807, 2.05) is 24.4 Å². The van der Waals surface area contributed by atoms with E-state index in [4.69, 9.17) is 17.0 Å². The molecule has 2 rings (SSSR count). The Balaban J connectivity index is 2.15. The van der Waals surface area contributed by atoms with Gasteiger partial charge in [0, 0.05) is 4.88 Å². The smallest absolute Gasteiger partial charge is 0.326 e. The molecule has 7 heteroatoms. The Labute approximate surface area is 130 Å². The molecule has 0 aromatic carbocycles. The molecule has 0 unspecified atom stereocenters. The van der Waals surface area contributed by atoms with Gasteiger partial charge in [0.1, 0.15) is 10.9 Å². The number of thiophene rings is 1. The minimum Gasteiger partial charge on any atom is -0.465 e. The molecule has 106 valence electrons. The van der Waals surface area contributed by atoms with Crippen molar-refractivity contribution in [2.24, 2.45) is 0 Å². The summed E-state index contributed by atoms with van der Waals surface area (Å²) in [4.78, 5) is 26.6. The molecule has 0 atom stereocenters. The van der Waals surface area contributed by atoms with E-state index in [0.29, 0.717) is 9.23 Å². The lowest BCUT2D eigenvalue weighted by Gasteiger charge is -2.12. The van der Waals surface area contributed by atoms with Gasteiger partial charge in [-0.1, -0.05) is 24.0 Å². The minimum atomic E-state index is -0.447. The number of carbonyl (C=O) groups is 2. The monoisotopic (exact) mass is 327 g/mol. The summed E-state index contributed by atoms with van der Waals surface area (Å²) in [6.45, 7) is 3.88. The summed E-state index contributed by atoms with van der Waals surface area (Å²) < 4.78 is 5.23. The first-order valence-corrected chi connectivity index (χ1v) is 8.08. The Bertz CT molecular complexity index is 591. The average Bonchev–Trinajstić information content (AvgIpc) is 2.90. The first kappa shape index (κ1) is 15.2. The van der Waals surface area contributed by atoms with Crippen LogP contribution in [0.25, 0.3) is 6.08 Å². The summed E-state index contributed by atoms with van der Waals surface area (Å²) in [5.74, 6) is -0.682. The summed E-state index contributed by atoms with van der Waals surface area (Å²) in [7, 11) is 0. The van der Waals surface area contributed by atoms with E-state index >= 15 is 0 Å². The topological polar surface area (TPSA) is 46.6 Å². The fourth-order valence-electron chi connectivity index (χ4n) is 1.62. The van der Waals surface area contributed by atoms with Gasteiger partial charge in [-0.3, -0.25) is 14.5 Å². The van der Waals surface area contributed by atoms with Crippen LogP contribution in [-0.4, -0.2) is 34.2 Å². The Kier molecular flexibility index (Phi) is 4.95. The molecule has 0 saturated carbocycles. The molecule has 0 N–H and O–H groups in total. The van der Waals surface area contributed by atoms with Crippen molar-refractivity contribution in [3.63, 3.8) is 0 Å². The van der Waals surface area contributed by atoms with Gasteiger partial charge in [-0.05, 0) is 36.9 Å². The van der Waals surface area contributed by atoms with E-state index < -0.39 is 5.97 Å². The van der Waals surface area contributed by atoms with E-state index in [-0.39, 0.29) is 19.1 Å². The molecule has 1 aromatic heterocycles. The number of amides is 1. The zero-order valence-electron chi connectivity index (χ0n) is 11.0. The van der Waals surface area contributed by atoms with Crippen molar-refractivity contribution in [2.45, 2.75) is 13.8 Å². The highest BCUT2D eigenvalue weighted by Crippen LogP contribution is 2.33. The fourth-order valence-corrected chi connectivity index (χ4v) is 3.79. The summed E-state index contributed by atoms with van der Waals surface area (Å²) in [6.07, 6.45) is 1.82. The maximum Gasteiger partial charge on any atom is 0.326 e. The third-order valence-electron chi connectivity index (χ3n) is 2.63. The van der Waals surface area contributed by atoms with Crippen LogP contribution < -0.4 is 0 Å². The highest BCUT2D eigenvalue weighted by atomic mass is 32.2. The van der Waals surface area contributed by atoms with E-state index in [1.165, 1.54) is 16.7 Å². The van der Waals surface area contributed by atoms with E-state index in [1.54, 1.807) is 18.3 Å². The van der Waals surface area contributed by atoms with E-state index in [2.05, 4.69) is 0 Å². The third-order valence-corrected chi connectivity index (χ3v) is 4.97. The lowest BCUT2D eigenvalue weighted by Crippen LogP contribution is -2.34. The van der Waals surface area contributed by atoms with Crippen molar-refractivity contribution in [3.05, 3.63) is 26.8 Å². The van der Waals surface area contributed by atoms with Gasteiger partial charge in [0.05, 0.1) is 11.5 Å². The molecule has 4 nitrogen and oxygen atoms in total. The molecule has 1 fully saturated rings. The highest BCUT2D eigenvalue weighted by molar-refractivity contribution is 8.26. The normalized spacial score (nSPS) is 17.1. The molecule has 0 spiro atoms. The van der Waals surface area contributed by atoms with Crippen LogP contribution >= 0.6 is 35.3 Å². The van der Waals surface area contributed by atoms with Crippen molar-refractivity contribution in [1.82, 2.24) is 4.90 Å². The lowest BCUT2D eigenvalue weighted by molar-refractivity contribution is -0.145. The van der Waals surface area contributed by atoms with Crippen molar-refractivity contribution < 1.29 is 14.3 Å². The maximum absolute atomic E-state index is 12.2. The number of nitrogens with zero attached hydrogens (tertiary/aromatic N) is 1. The quantitative estimate of drug-likeness (QED) is 0.483. The second-order valence-corrected chi connectivity index (χ2v) is 6.66. The molecule has 20 heavy (non-hydrogen) atoms. The summed E-state index contributed by atoms with van der Waals surface area (Å²) in [5.41, 5.74) is 1.12. The number of carbonyl (C=O) groups excluding carboxylic acids is 2. The van der Waals surface area contributed by atoms with Crippen LogP contribution in [0.3, 0.4) is 0 Å². The van der Waals surface area contributed by atoms with Gasteiger partial charge in [0.2, 0.25) is 0 Å². The van der Waals surface area contributed by atoms with Gasteiger partial charge in [-0.15, -0.1) is 11.3 Å². The number of hydrogen-bond donors (Lipinski definition) is 0. The van der Waals surface area contributed by atoms with Gasteiger partial charge < -0.3 is 4.74 Å². The summed E-state index contributed by atoms with van der Waals surface area (Å²) in [5, 5.41) is 1.97. The van der Waals surface area contributed by atoms with Gasteiger partial charge in [0.25, 0.3) is 5.91 Å². The Morgan fingerprint density at radius 2 is 2.30 bits per heavy atom. The lowest BCUT2D eigenvalue weighted by atomic mass is 10.2. The zero-order chi connectivity index (χ0) is 14.7. The maximum atomic E-state index is 12.2. The minimum absolute atomic E-state index is 0.126. The number of rotatable bonds is 4. The summed E-state index contributed by atoms with van der Waals surface area (Å²) >= 11 is 7.93. The zero-order valence-corrected chi connectivity index (χ0v) is 13.5. The number of thiocarbonyl (C=S) groups is 1. The highest BCUT2D eigenvalue weighted by Gasteiger charge is 2.33. The molecular weight excluding hydrogens is 314 g/mol. The van der Waals surface area contributed by atoms with Crippen molar-refractivity contribution in [1.29, 1.82) is 0 Å². The fraction of sp³-hybridized carbons (Fsp3) is 0.308. The standard InChI is InChI=1S/C13H13NO3S3/c1-3-17-11(15)7-14-12(16)10(20-13(14)18)6-9-8(2)4-5-19-9/h4-6H,3,7H2,1-2H3/b10-6-. The second kappa shape index (κ2) is 6.51. The van der Waals surface area contributed by atoms with Crippen LogP contribution in [0.2, 0.25) is 0 Å². The van der Waals surface area contributed by atoms with Gasteiger partial charge >= 0.3 is 5.97 Å². The van der Waals surface area contributed by atoms with Crippen LogP contribution in [0.5, 0.6) is 0 Å². The molecule has 0 bridgehead atoms. The Hall–Kier alpha value is -1.18. The molecule has 1 aliphatic heterocycles. The van der Waals surface area contributed by atoms with Crippen LogP contribution in [-0.2, 0) is 14.3 Å². The van der Waals surface area contributed by atoms with Crippen molar-refractivity contribution in [3.8, 4) is 0 Å². The second-order valence-electron chi connectivity index (χ2n) is 4.04. The van der Waals surface area contributed by atoms with Crippen molar-refractivity contribution in [2.75, 3.05) is 13.2 Å². The first-order valence-electron chi connectivity index (χ1n) is 5.98. The average molecular weight is 327 g/mol. The predicted octanol–water partition coefficient (Wildman–Crippen LogP) is 2.82. The van der Waals surface area contributed by atoms with Crippen LogP contribution in [0, 0.1) is 6.92 Å². The van der Waals surface area contributed by atoms with Crippen LogP contribution in [0.15, 0.2) is 16.4 Å².